The van der Waals surface area contributed by atoms with Gasteiger partial charge in [-0.15, -0.1) is 0 Å². The van der Waals surface area contributed by atoms with Crippen molar-refractivity contribution in [2.45, 2.75) is 13.3 Å². The van der Waals surface area contributed by atoms with E-state index in [1.54, 1.807) is 6.92 Å². The summed E-state index contributed by atoms with van der Waals surface area (Å²) in [6.45, 7) is 2.00. The molecule has 5 heteroatoms. The highest BCUT2D eigenvalue weighted by atomic mass is 19.1. The van der Waals surface area contributed by atoms with Gasteiger partial charge in [0.25, 0.3) is 0 Å². The summed E-state index contributed by atoms with van der Waals surface area (Å²) in [7, 11) is 0. The number of hydrogen-bond acceptors (Lipinski definition) is 4. The van der Waals surface area contributed by atoms with Crippen molar-refractivity contribution in [1.82, 2.24) is 4.98 Å². The van der Waals surface area contributed by atoms with Gasteiger partial charge in [-0.3, -0.25) is 4.79 Å². The second kappa shape index (κ2) is 4.55. The Morgan fingerprint density at radius 2 is 2.43 bits per heavy atom. The molecule has 0 amide bonds. The van der Waals surface area contributed by atoms with Crippen LogP contribution in [0.2, 0.25) is 0 Å². The minimum atomic E-state index is -0.758. The van der Waals surface area contributed by atoms with Gasteiger partial charge in [-0.1, -0.05) is 0 Å². The molecule has 0 aliphatic rings. The number of nitrogens with two attached hydrogens (primary N) is 1. The maximum absolute atomic E-state index is 12.8. The monoisotopic (exact) mass is 198 g/mol. The second-order valence-electron chi connectivity index (χ2n) is 2.66. The first-order chi connectivity index (χ1) is 6.65. The van der Waals surface area contributed by atoms with Crippen molar-refractivity contribution in [1.29, 1.82) is 0 Å². The maximum atomic E-state index is 12.8. The molecule has 1 heterocycles. The SMILES string of the molecule is CCOC(=O)Cc1ccnc(F)c1N. The van der Waals surface area contributed by atoms with Gasteiger partial charge in [0.05, 0.1) is 18.7 Å². The van der Waals surface area contributed by atoms with Crippen LogP contribution in [-0.4, -0.2) is 17.6 Å². The van der Waals surface area contributed by atoms with Gasteiger partial charge >= 0.3 is 5.97 Å². The molecule has 0 fully saturated rings. The Kier molecular flexibility index (Phi) is 3.39. The number of hydrogen-bond donors (Lipinski definition) is 1. The van der Waals surface area contributed by atoms with E-state index >= 15 is 0 Å². The molecule has 2 N–H and O–H groups in total. The highest BCUT2D eigenvalue weighted by Crippen LogP contribution is 2.14. The van der Waals surface area contributed by atoms with Crippen LogP contribution in [0.4, 0.5) is 10.1 Å². The van der Waals surface area contributed by atoms with Crippen molar-refractivity contribution in [3.05, 3.63) is 23.8 Å². The number of esters is 1. The van der Waals surface area contributed by atoms with Gasteiger partial charge in [-0.2, -0.15) is 4.39 Å². The summed E-state index contributed by atoms with van der Waals surface area (Å²) in [5.41, 5.74) is 5.68. The molecule has 0 radical (unpaired) electrons. The molecular weight excluding hydrogens is 187 g/mol. The summed E-state index contributed by atoms with van der Waals surface area (Å²) < 4.78 is 17.5. The number of halogens is 1. The van der Waals surface area contributed by atoms with Gasteiger partial charge in [-0.25, -0.2) is 4.98 Å². The lowest BCUT2D eigenvalue weighted by Crippen LogP contribution is -2.10. The number of nitrogens with zero attached hydrogens (tertiary/aromatic N) is 1. The van der Waals surface area contributed by atoms with Crippen molar-refractivity contribution < 1.29 is 13.9 Å². The van der Waals surface area contributed by atoms with Gasteiger partial charge in [0.15, 0.2) is 0 Å². The van der Waals surface area contributed by atoms with Gasteiger partial charge in [0.2, 0.25) is 5.95 Å². The summed E-state index contributed by atoms with van der Waals surface area (Å²) in [6.07, 6.45) is 1.24. The lowest BCUT2D eigenvalue weighted by Gasteiger charge is -2.04. The van der Waals surface area contributed by atoms with Crippen LogP contribution in [0.3, 0.4) is 0 Å². The first kappa shape index (κ1) is 10.4. The third-order valence-corrected chi connectivity index (χ3v) is 1.67. The third kappa shape index (κ3) is 2.42. The Labute approximate surface area is 80.9 Å². The van der Waals surface area contributed by atoms with Crippen LogP contribution in [-0.2, 0) is 16.0 Å². The summed E-state index contributed by atoms with van der Waals surface area (Å²) >= 11 is 0. The van der Waals surface area contributed by atoms with Gasteiger partial charge in [0.1, 0.15) is 0 Å². The smallest absolute Gasteiger partial charge is 0.310 e. The zero-order valence-corrected chi connectivity index (χ0v) is 7.79. The molecule has 0 unspecified atom stereocenters. The van der Waals surface area contributed by atoms with E-state index in [0.717, 1.165) is 0 Å². The highest BCUT2D eigenvalue weighted by Gasteiger charge is 2.10. The minimum Gasteiger partial charge on any atom is -0.466 e. The number of nitrogen functional groups attached to an aromatic ring is 1. The normalized spacial score (nSPS) is 9.86. The number of pyridine rings is 1. The molecule has 0 bridgehead atoms. The Bertz CT molecular complexity index is 342. The van der Waals surface area contributed by atoms with Crippen molar-refractivity contribution >= 4 is 11.7 Å². The molecule has 4 nitrogen and oxygen atoms in total. The highest BCUT2D eigenvalue weighted by molar-refractivity contribution is 5.74. The topological polar surface area (TPSA) is 65.2 Å². The van der Waals surface area contributed by atoms with Crippen molar-refractivity contribution in [2.75, 3.05) is 12.3 Å². The van der Waals surface area contributed by atoms with E-state index in [1.165, 1.54) is 12.3 Å². The molecule has 1 aromatic rings. The van der Waals surface area contributed by atoms with Crippen molar-refractivity contribution in [3.63, 3.8) is 0 Å². The van der Waals surface area contributed by atoms with E-state index < -0.39 is 11.9 Å². The van der Waals surface area contributed by atoms with Crippen LogP contribution in [0.1, 0.15) is 12.5 Å². The van der Waals surface area contributed by atoms with Crippen molar-refractivity contribution in [3.8, 4) is 0 Å². The van der Waals surface area contributed by atoms with Crippen LogP contribution in [0, 0.1) is 5.95 Å². The molecule has 0 saturated heterocycles. The van der Waals surface area contributed by atoms with E-state index in [9.17, 15) is 9.18 Å². The molecule has 0 atom stereocenters. The fourth-order valence-electron chi connectivity index (χ4n) is 1.01. The second-order valence-corrected chi connectivity index (χ2v) is 2.66. The first-order valence-corrected chi connectivity index (χ1v) is 4.19. The predicted octanol–water partition coefficient (Wildman–Crippen LogP) is 0.909. The standard InChI is InChI=1S/C9H11FN2O2/c1-2-14-7(13)5-6-3-4-12-9(10)8(6)11/h3-4H,2,5,11H2,1H3. The molecule has 0 aliphatic heterocycles. The van der Waals surface area contributed by atoms with Gasteiger partial charge in [0, 0.05) is 6.20 Å². The quantitative estimate of drug-likeness (QED) is 0.579. The molecule has 1 rings (SSSR count). The Hall–Kier alpha value is -1.65. The average molecular weight is 198 g/mol. The Morgan fingerprint density at radius 1 is 1.71 bits per heavy atom. The zero-order chi connectivity index (χ0) is 10.6. The molecule has 1 aromatic heterocycles. The number of ether oxygens (including phenoxy) is 1. The fraction of sp³-hybridized carbons (Fsp3) is 0.333. The number of aromatic nitrogens is 1. The van der Waals surface area contributed by atoms with Crippen LogP contribution in [0.25, 0.3) is 0 Å². The molecule has 0 aliphatic carbocycles. The van der Waals surface area contributed by atoms with Crippen molar-refractivity contribution in [2.24, 2.45) is 0 Å². The lowest BCUT2D eigenvalue weighted by atomic mass is 10.1. The lowest BCUT2D eigenvalue weighted by molar-refractivity contribution is -0.142. The van der Waals surface area contributed by atoms with E-state index in [4.69, 9.17) is 10.5 Å². The summed E-state index contributed by atoms with van der Waals surface area (Å²) in [5.74, 6) is -1.18. The molecule has 76 valence electrons. The average Bonchev–Trinajstić information content (AvgIpc) is 2.13. The first-order valence-electron chi connectivity index (χ1n) is 4.19. The largest absolute Gasteiger partial charge is 0.466 e. The fourth-order valence-corrected chi connectivity index (χ4v) is 1.01. The molecule has 0 saturated carbocycles. The summed E-state index contributed by atoms with van der Waals surface area (Å²) in [5, 5.41) is 0. The van der Waals surface area contributed by atoms with Crippen LogP contribution < -0.4 is 5.73 Å². The maximum Gasteiger partial charge on any atom is 0.310 e. The van der Waals surface area contributed by atoms with Crippen LogP contribution >= 0.6 is 0 Å². The van der Waals surface area contributed by atoms with E-state index in [2.05, 4.69) is 4.98 Å². The zero-order valence-electron chi connectivity index (χ0n) is 7.79. The Balaban J connectivity index is 2.76. The van der Waals surface area contributed by atoms with Crippen LogP contribution in [0.15, 0.2) is 12.3 Å². The Morgan fingerprint density at radius 3 is 3.07 bits per heavy atom. The third-order valence-electron chi connectivity index (χ3n) is 1.67. The van der Waals surface area contributed by atoms with Crippen LogP contribution in [0.5, 0.6) is 0 Å². The molecule has 0 spiro atoms. The molecule has 14 heavy (non-hydrogen) atoms. The molecular formula is C9H11FN2O2. The van der Waals surface area contributed by atoms with Gasteiger partial charge in [-0.05, 0) is 18.6 Å². The predicted molar refractivity (Wildman–Crippen MR) is 48.9 cm³/mol. The number of anilines is 1. The van der Waals surface area contributed by atoms with Gasteiger partial charge < -0.3 is 10.5 Å². The van der Waals surface area contributed by atoms with E-state index in [-0.39, 0.29) is 12.1 Å². The number of rotatable bonds is 3. The minimum absolute atomic E-state index is 0.0287. The molecule has 0 aromatic carbocycles. The summed E-state index contributed by atoms with van der Waals surface area (Å²) in [6, 6.07) is 1.50. The number of carbonyl (C=O) groups is 1. The van der Waals surface area contributed by atoms with E-state index in [1.807, 2.05) is 0 Å². The summed E-state index contributed by atoms with van der Waals surface area (Å²) in [4.78, 5) is 14.4. The van der Waals surface area contributed by atoms with E-state index in [0.29, 0.717) is 12.2 Å². The number of carbonyl (C=O) groups excluding carboxylic acids is 1.